The number of benzene rings is 2. The molecule has 0 fully saturated rings. The summed E-state index contributed by atoms with van der Waals surface area (Å²) in [6.45, 7) is 5.76. The summed E-state index contributed by atoms with van der Waals surface area (Å²) in [4.78, 5) is 12.5. The quantitative estimate of drug-likeness (QED) is 0.620. The molecule has 1 amide bonds. The molecule has 0 saturated heterocycles. The maximum absolute atomic E-state index is 12.5. The summed E-state index contributed by atoms with van der Waals surface area (Å²) in [6, 6.07) is 19.8. The van der Waals surface area contributed by atoms with Gasteiger partial charge in [0.05, 0.1) is 25.1 Å². The first-order valence-electron chi connectivity index (χ1n) is 10.1. The fourth-order valence-corrected chi connectivity index (χ4v) is 3.13. The number of hydrogen-bond acceptors (Lipinski definition) is 6. The Hall–Kier alpha value is -3.73. The molecule has 0 spiro atoms. The predicted octanol–water partition coefficient (Wildman–Crippen LogP) is 4.06. The van der Waals surface area contributed by atoms with Gasteiger partial charge in [0, 0.05) is 6.42 Å². The second-order valence-corrected chi connectivity index (χ2v) is 8.13. The number of aromatic nitrogens is 4. The van der Waals surface area contributed by atoms with Gasteiger partial charge in [-0.15, -0.1) is 5.10 Å². The lowest BCUT2D eigenvalue weighted by Gasteiger charge is -2.23. The van der Waals surface area contributed by atoms with Crippen molar-refractivity contribution >= 4 is 6.09 Å². The number of nitrogens with zero attached hydrogens (tertiary/aromatic N) is 5. The first kappa shape index (κ1) is 22.0. The summed E-state index contributed by atoms with van der Waals surface area (Å²) in [5.41, 5.74) is 2.63. The Labute approximate surface area is 181 Å². The molecule has 160 valence electrons. The number of alkyl carbamates (subject to hydrolysis) is 1. The van der Waals surface area contributed by atoms with E-state index in [0.29, 0.717) is 18.8 Å². The van der Waals surface area contributed by atoms with Crippen molar-refractivity contribution in [2.75, 3.05) is 0 Å². The number of nitrogens with one attached hydrogen (secondary N) is 1. The van der Waals surface area contributed by atoms with Gasteiger partial charge in [0.15, 0.2) is 5.82 Å². The zero-order valence-corrected chi connectivity index (χ0v) is 17.9. The third kappa shape index (κ3) is 6.37. The van der Waals surface area contributed by atoms with Crippen molar-refractivity contribution < 1.29 is 9.53 Å². The molecule has 0 unspecified atom stereocenters. The van der Waals surface area contributed by atoms with Crippen molar-refractivity contribution in [3.05, 3.63) is 66.0 Å². The molecule has 8 nitrogen and oxygen atoms in total. The highest BCUT2D eigenvalue weighted by atomic mass is 16.6. The Morgan fingerprint density at radius 3 is 2.45 bits per heavy atom. The summed E-state index contributed by atoms with van der Waals surface area (Å²) >= 11 is 0. The minimum atomic E-state index is -0.626. The second-order valence-electron chi connectivity index (χ2n) is 8.13. The number of hydrogen-bond donors (Lipinski definition) is 1. The number of ether oxygens (including phenoxy) is 1. The number of nitriles is 1. The highest BCUT2D eigenvalue weighted by molar-refractivity contribution is 5.68. The van der Waals surface area contributed by atoms with Gasteiger partial charge in [0.2, 0.25) is 0 Å². The molecular formula is C23H26N6O2. The molecule has 1 aromatic heterocycles. The fraction of sp³-hybridized carbons (Fsp3) is 0.348. The van der Waals surface area contributed by atoms with Crippen molar-refractivity contribution in [3.8, 4) is 17.2 Å². The molecule has 0 aliphatic carbocycles. The number of carbonyl (C=O) groups is 1. The number of rotatable bonds is 7. The van der Waals surface area contributed by atoms with Gasteiger partial charge in [-0.05, 0) is 47.9 Å². The highest BCUT2D eigenvalue weighted by Crippen LogP contribution is 2.22. The third-order valence-electron chi connectivity index (χ3n) is 4.50. The molecule has 3 rings (SSSR count). The minimum Gasteiger partial charge on any atom is -0.444 e. The highest BCUT2D eigenvalue weighted by Gasteiger charge is 2.25. The lowest BCUT2D eigenvalue weighted by atomic mass is 10.0. The molecule has 1 N–H and O–H groups in total. The number of tetrazole rings is 1. The van der Waals surface area contributed by atoms with Crippen LogP contribution in [0.4, 0.5) is 4.79 Å². The minimum absolute atomic E-state index is 0.267. The van der Waals surface area contributed by atoms with Crippen LogP contribution in [-0.4, -0.2) is 31.9 Å². The molecule has 0 aliphatic heterocycles. The number of amides is 1. The third-order valence-corrected chi connectivity index (χ3v) is 4.50. The number of aryl methyl sites for hydroxylation is 1. The van der Waals surface area contributed by atoms with Crippen LogP contribution in [0.5, 0.6) is 0 Å². The van der Waals surface area contributed by atoms with Gasteiger partial charge in [0.25, 0.3) is 0 Å². The van der Waals surface area contributed by atoms with E-state index in [2.05, 4.69) is 39.0 Å². The van der Waals surface area contributed by atoms with E-state index in [9.17, 15) is 4.79 Å². The van der Waals surface area contributed by atoms with Crippen LogP contribution < -0.4 is 5.32 Å². The van der Waals surface area contributed by atoms with E-state index in [0.717, 1.165) is 16.7 Å². The summed E-state index contributed by atoms with van der Waals surface area (Å²) < 4.78 is 6.97. The first-order chi connectivity index (χ1) is 14.9. The molecule has 0 aliphatic rings. The second kappa shape index (κ2) is 9.85. The Bertz CT molecular complexity index is 1030. The van der Waals surface area contributed by atoms with Crippen LogP contribution in [0.1, 0.15) is 44.6 Å². The molecule has 8 heteroatoms. The average Bonchev–Trinajstić information content (AvgIpc) is 3.20. The van der Waals surface area contributed by atoms with E-state index < -0.39 is 17.7 Å². The van der Waals surface area contributed by atoms with E-state index >= 15 is 0 Å². The van der Waals surface area contributed by atoms with Crippen molar-refractivity contribution in [3.63, 3.8) is 0 Å². The zero-order chi connectivity index (χ0) is 22.3. The van der Waals surface area contributed by atoms with Crippen LogP contribution in [0.15, 0.2) is 54.6 Å². The molecule has 1 atom stereocenters. The smallest absolute Gasteiger partial charge is 0.408 e. The van der Waals surface area contributed by atoms with Gasteiger partial charge >= 0.3 is 6.09 Å². The van der Waals surface area contributed by atoms with Gasteiger partial charge in [-0.2, -0.15) is 5.26 Å². The topological polar surface area (TPSA) is 106 Å². The predicted molar refractivity (Wildman–Crippen MR) is 116 cm³/mol. The zero-order valence-electron chi connectivity index (χ0n) is 17.9. The summed E-state index contributed by atoms with van der Waals surface area (Å²) in [6.07, 6.45) is 0.192. The molecular weight excluding hydrogens is 392 g/mol. The van der Waals surface area contributed by atoms with E-state index in [4.69, 9.17) is 10.00 Å². The fourth-order valence-electron chi connectivity index (χ4n) is 3.13. The molecule has 3 aromatic rings. The van der Waals surface area contributed by atoms with Gasteiger partial charge in [-0.25, -0.2) is 9.48 Å². The average molecular weight is 419 g/mol. The van der Waals surface area contributed by atoms with E-state index in [1.165, 1.54) is 0 Å². The van der Waals surface area contributed by atoms with Crippen molar-refractivity contribution in [1.82, 2.24) is 25.5 Å². The molecule has 1 heterocycles. The maximum atomic E-state index is 12.5. The largest absolute Gasteiger partial charge is 0.444 e. The first-order valence-corrected chi connectivity index (χ1v) is 10.1. The summed E-state index contributed by atoms with van der Waals surface area (Å²) in [7, 11) is 0. The van der Waals surface area contributed by atoms with Crippen molar-refractivity contribution in [2.45, 2.75) is 51.8 Å². The molecule has 2 aromatic carbocycles. The summed E-state index contributed by atoms with van der Waals surface area (Å²) in [5.74, 6) is 0.480. The standard InChI is InChI=1S/C23H26N6O2/c1-23(2,3)31-22(30)25-20(21-26-27-28-29(21)15-7-14-24)16-17-10-12-19(13-11-17)18-8-5-4-6-9-18/h4-6,8-13,20H,7,15-16H2,1-3H3,(H,25,30)/t20-/m0/s1. The van der Waals surface area contributed by atoms with Gasteiger partial charge in [-0.3, -0.25) is 0 Å². The Balaban J connectivity index is 1.82. The van der Waals surface area contributed by atoms with E-state index in [1.54, 1.807) is 25.5 Å². The Kier molecular flexibility index (Phi) is 6.98. The lowest BCUT2D eigenvalue weighted by molar-refractivity contribution is 0.0500. The molecule has 0 radical (unpaired) electrons. The van der Waals surface area contributed by atoms with Crippen LogP contribution >= 0.6 is 0 Å². The maximum Gasteiger partial charge on any atom is 0.408 e. The Morgan fingerprint density at radius 2 is 1.81 bits per heavy atom. The van der Waals surface area contributed by atoms with Crippen LogP contribution in [-0.2, 0) is 17.7 Å². The van der Waals surface area contributed by atoms with Crippen LogP contribution in [0.3, 0.4) is 0 Å². The summed E-state index contributed by atoms with van der Waals surface area (Å²) in [5, 5.41) is 23.6. The molecule has 0 saturated carbocycles. The van der Waals surface area contributed by atoms with Crippen molar-refractivity contribution in [2.24, 2.45) is 0 Å². The van der Waals surface area contributed by atoms with Crippen LogP contribution in [0.2, 0.25) is 0 Å². The molecule has 31 heavy (non-hydrogen) atoms. The van der Waals surface area contributed by atoms with Crippen LogP contribution in [0, 0.1) is 11.3 Å². The normalized spacial score (nSPS) is 12.1. The van der Waals surface area contributed by atoms with Crippen molar-refractivity contribution in [1.29, 1.82) is 5.26 Å². The van der Waals surface area contributed by atoms with E-state index in [-0.39, 0.29) is 6.42 Å². The van der Waals surface area contributed by atoms with Gasteiger partial charge < -0.3 is 10.1 Å². The van der Waals surface area contributed by atoms with Crippen LogP contribution in [0.25, 0.3) is 11.1 Å². The SMILES string of the molecule is CC(C)(C)OC(=O)N[C@@H](Cc1ccc(-c2ccccc2)cc1)c1nnnn1CCC#N. The van der Waals surface area contributed by atoms with Gasteiger partial charge in [-0.1, -0.05) is 54.6 Å². The Morgan fingerprint density at radius 1 is 1.13 bits per heavy atom. The lowest BCUT2D eigenvalue weighted by Crippen LogP contribution is -2.37. The van der Waals surface area contributed by atoms with E-state index in [1.807, 2.05) is 42.5 Å². The number of carbonyl (C=O) groups excluding carboxylic acids is 1. The molecule has 0 bridgehead atoms. The monoisotopic (exact) mass is 418 g/mol. The van der Waals surface area contributed by atoms with Gasteiger partial charge in [0.1, 0.15) is 5.60 Å².